The zero-order chi connectivity index (χ0) is 10.1. The molecular weight excluding hydrogens is 186 g/mol. The highest BCUT2D eigenvalue weighted by Gasteiger charge is 2.36. The molecule has 1 fully saturated rings. The second-order valence-corrected chi connectivity index (χ2v) is 6.50. The molecule has 0 saturated heterocycles. The molecule has 0 aromatic heterocycles. The van der Waals surface area contributed by atoms with E-state index in [2.05, 4.69) is 18.6 Å². The highest BCUT2D eigenvalue weighted by molar-refractivity contribution is 7.89. The van der Waals surface area contributed by atoms with Crippen LogP contribution in [0.4, 0.5) is 0 Å². The normalized spacial score (nSPS) is 27.8. The van der Waals surface area contributed by atoms with Gasteiger partial charge in [-0.1, -0.05) is 20.3 Å². The van der Waals surface area contributed by atoms with Crippen LogP contribution in [-0.2, 0) is 10.0 Å². The first-order valence-corrected chi connectivity index (χ1v) is 6.52. The molecule has 1 aliphatic carbocycles. The molecule has 0 amide bonds. The number of nitrogens with one attached hydrogen (secondary N) is 1. The Morgan fingerprint density at radius 3 is 2.46 bits per heavy atom. The van der Waals surface area contributed by atoms with E-state index in [1.54, 1.807) is 6.92 Å². The predicted octanol–water partition coefficient (Wildman–Crippen LogP) is 1.50. The lowest BCUT2D eigenvalue weighted by molar-refractivity contribution is 0.313. The van der Waals surface area contributed by atoms with Crippen LogP contribution < -0.4 is 4.72 Å². The molecule has 3 nitrogen and oxygen atoms in total. The molecule has 0 heterocycles. The molecule has 0 spiro atoms. The first-order chi connectivity index (χ1) is 5.87. The number of rotatable bonds is 3. The maximum Gasteiger partial charge on any atom is 0.211 e. The van der Waals surface area contributed by atoms with Crippen molar-refractivity contribution in [1.29, 1.82) is 0 Å². The van der Waals surface area contributed by atoms with Gasteiger partial charge in [0.25, 0.3) is 0 Å². The Balaban J connectivity index is 2.65. The fourth-order valence-electron chi connectivity index (χ4n) is 1.85. The minimum absolute atomic E-state index is 0.127. The largest absolute Gasteiger partial charge is 0.212 e. The molecule has 0 aliphatic heterocycles. The Morgan fingerprint density at radius 1 is 1.46 bits per heavy atom. The van der Waals surface area contributed by atoms with Crippen molar-refractivity contribution in [2.75, 3.05) is 5.75 Å². The van der Waals surface area contributed by atoms with E-state index in [-0.39, 0.29) is 17.2 Å². The van der Waals surface area contributed by atoms with E-state index in [1.165, 1.54) is 0 Å². The first-order valence-electron chi connectivity index (χ1n) is 4.87. The van der Waals surface area contributed by atoms with Gasteiger partial charge in [0, 0.05) is 6.04 Å². The van der Waals surface area contributed by atoms with Gasteiger partial charge in [0.15, 0.2) is 0 Å². The van der Waals surface area contributed by atoms with Crippen LogP contribution in [0.3, 0.4) is 0 Å². The predicted molar refractivity (Wildman–Crippen MR) is 54.0 cm³/mol. The molecular formula is C9H19NO2S. The van der Waals surface area contributed by atoms with Gasteiger partial charge < -0.3 is 0 Å². The second kappa shape index (κ2) is 3.58. The van der Waals surface area contributed by atoms with Crippen LogP contribution in [0.5, 0.6) is 0 Å². The van der Waals surface area contributed by atoms with E-state index < -0.39 is 10.0 Å². The summed E-state index contributed by atoms with van der Waals surface area (Å²) in [5.74, 6) is 0.180. The highest BCUT2D eigenvalue weighted by Crippen LogP contribution is 2.37. The standard InChI is InChI=1S/C9H19NO2S/c1-4-13(11,12)10-8-6-5-7-9(8,2)3/h8,10H,4-7H2,1-3H3. The quantitative estimate of drug-likeness (QED) is 0.759. The molecule has 1 saturated carbocycles. The van der Waals surface area contributed by atoms with Crippen molar-refractivity contribution in [3.63, 3.8) is 0 Å². The maximum atomic E-state index is 11.3. The Bertz CT molecular complexity index is 269. The van der Waals surface area contributed by atoms with Crippen LogP contribution >= 0.6 is 0 Å². The van der Waals surface area contributed by atoms with Crippen molar-refractivity contribution in [3.05, 3.63) is 0 Å². The van der Waals surface area contributed by atoms with Crippen molar-refractivity contribution >= 4 is 10.0 Å². The molecule has 0 aromatic rings. The van der Waals surface area contributed by atoms with Gasteiger partial charge in [0.2, 0.25) is 10.0 Å². The van der Waals surface area contributed by atoms with E-state index in [1.807, 2.05) is 0 Å². The third-order valence-corrected chi connectivity index (χ3v) is 4.36. The summed E-state index contributed by atoms with van der Waals surface area (Å²) in [5, 5.41) is 0. The van der Waals surface area contributed by atoms with Crippen molar-refractivity contribution < 1.29 is 8.42 Å². The summed E-state index contributed by atoms with van der Waals surface area (Å²) in [6.45, 7) is 5.93. The number of sulfonamides is 1. The monoisotopic (exact) mass is 205 g/mol. The minimum atomic E-state index is -3.02. The Hall–Kier alpha value is -0.0900. The van der Waals surface area contributed by atoms with Crippen LogP contribution in [0.2, 0.25) is 0 Å². The fraction of sp³-hybridized carbons (Fsp3) is 1.00. The molecule has 1 atom stereocenters. The molecule has 1 rings (SSSR count). The van der Waals surface area contributed by atoms with Gasteiger partial charge in [-0.05, 0) is 25.2 Å². The van der Waals surface area contributed by atoms with Crippen LogP contribution in [-0.4, -0.2) is 20.2 Å². The van der Waals surface area contributed by atoms with Gasteiger partial charge in [-0.3, -0.25) is 0 Å². The van der Waals surface area contributed by atoms with Gasteiger partial charge in [0.1, 0.15) is 0 Å². The van der Waals surface area contributed by atoms with Gasteiger partial charge in [0.05, 0.1) is 5.75 Å². The topological polar surface area (TPSA) is 46.2 Å². The van der Waals surface area contributed by atoms with E-state index in [4.69, 9.17) is 0 Å². The highest BCUT2D eigenvalue weighted by atomic mass is 32.2. The van der Waals surface area contributed by atoms with Crippen LogP contribution in [0.15, 0.2) is 0 Å². The van der Waals surface area contributed by atoms with E-state index in [9.17, 15) is 8.42 Å². The fourth-order valence-corrected chi connectivity index (χ4v) is 2.88. The lowest BCUT2D eigenvalue weighted by Crippen LogP contribution is -2.42. The lowest BCUT2D eigenvalue weighted by Gasteiger charge is -2.27. The Kier molecular flexibility index (Phi) is 3.02. The first kappa shape index (κ1) is 11.0. The SMILES string of the molecule is CCS(=O)(=O)NC1CCCC1(C)C. The smallest absolute Gasteiger partial charge is 0.211 e. The average Bonchev–Trinajstić information content (AvgIpc) is 2.31. The van der Waals surface area contributed by atoms with Gasteiger partial charge in [-0.25, -0.2) is 13.1 Å². The van der Waals surface area contributed by atoms with Crippen molar-refractivity contribution in [2.24, 2.45) is 5.41 Å². The molecule has 0 bridgehead atoms. The molecule has 1 unspecified atom stereocenters. The summed E-state index contributed by atoms with van der Waals surface area (Å²) in [4.78, 5) is 0. The molecule has 0 aromatic carbocycles. The Labute approximate surface area is 81.0 Å². The van der Waals surface area contributed by atoms with E-state index >= 15 is 0 Å². The Morgan fingerprint density at radius 2 is 2.08 bits per heavy atom. The molecule has 78 valence electrons. The maximum absolute atomic E-state index is 11.3. The summed E-state index contributed by atoms with van der Waals surface area (Å²) in [7, 11) is -3.02. The summed E-state index contributed by atoms with van der Waals surface area (Å²) in [5.41, 5.74) is 0.127. The molecule has 1 aliphatic rings. The summed E-state index contributed by atoms with van der Waals surface area (Å²) in [6, 6.07) is 0.137. The number of hydrogen-bond acceptors (Lipinski definition) is 2. The van der Waals surface area contributed by atoms with E-state index in [0.29, 0.717) is 0 Å². The minimum Gasteiger partial charge on any atom is -0.212 e. The van der Waals surface area contributed by atoms with Gasteiger partial charge in [-0.15, -0.1) is 0 Å². The summed E-state index contributed by atoms with van der Waals surface area (Å²) in [6.07, 6.45) is 3.22. The van der Waals surface area contributed by atoms with Crippen molar-refractivity contribution in [3.8, 4) is 0 Å². The summed E-state index contributed by atoms with van der Waals surface area (Å²) < 4.78 is 25.4. The zero-order valence-corrected chi connectivity index (χ0v) is 9.45. The molecule has 13 heavy (non-hydrogen) atoms. The molecule has 4 heteroatoms. The van der Waals surface area contributed by atoms with Gasteiger partial charge in [-0.2, -0.15) is 0 Å². The van der Waals surface area contributed by atoms with Crippen LogP contribution in [0.1, 0.15) is 40.0 Å². The summed E-state index contributed by atoms with van der Waals surface area (Å²) >= 11 is 0. The third kappa shape index (κ3) is 2.68. The van der Waals surface area contributed by atoms with E-state index in [0.717, 1.165) is 19.3 Å². The van der Waals surface area contributed by atoms with Crippen molar-refractivity contribution in [1.82, 2.24) is 4.72 Å². The number of hydrogen-bond donors (Lipinski definition) is 1. The lowest BCUT2D eigenvalue weighted by atomic mass is 9.88. The average molecular weight is 205 g/mol. The van der Waals surface area contributed by atoms with Crippen LogP contribution in [0.25, 0.3) is 0 Å². The molecule has 1 N–H and O–H groups in total. The molecule has 0 radical (unpaired) electrons. The van der Waals surface area contributed by atoms with Crippen LogP contribution in [0, 0.1) is 5.41 Å². The zero-order valence-electron chi connectivity index (χ0n) is 8.63. The van der Waals surface area contributed by atoms with Gasteiger partial charge >= 0.3 is 0 Å². The van der Waals surface area contributed by atoms with Crippen molar-refractivity contribution in [2.45, 2.75) is 46.1 Å². The second-order valence-electron chi connectivity index (χ2n) is 4.45. The third-order valence-electron chi connectivity index (χ3n) is 2.96.